The monoisotopic (exact) mass is 225 g/mol. The Labute approximate surface area is 97.9 Å². The van der Waals surface area contributed by atoms with Gasteiger partial charge in [-0.15, -0.1) is 0 Å². The Balaban J connectivity index is 2.16. The van der Waals surface area contributed by atoms with E-state index in [1.54, 1.807) is 0 Å². The number of rotatable bonds is 4. The average molecular weight is 225 g/mol. The number of hydrogen-bond acceptors (Lipinski definition) is 3. The van der Waals surface area contributed by atoms with Crippen LogP contribution in [0.5, 0.6) is 0 Å². The summed E-state index contributed by atoms with van der Waals surface area (Å²) in [6, 6.07) is 0.337. The molecule has 92 valence electrons. The minimum absolute atomic E-state index is 0.0177. The molecule has 3 unspecified atom stereocenters. The molecule has 0 aliphatic heterocycles. The molecule has 0 spiro atoms. The van der Waals surface area contributed by atoms with E-state index in [1.165, 1.54) is 19.3 Å². The average Bonchev–Trinajstić information content (AvgIpc) is 2.77. The second-order valence-corrected chi connectivity index (χ2v) is 5.57. The van der Waals surface area contributed by atoms with Crippen molar-refractivity contribution in [3.8, 4) is 0 Å². The first kappa shape index (κ1) is 11.9. The first-order valence-corrected chi connectivity index (χ1v) is 6.53. The SMILES string of the molecule is CCOC(=O)C1(NC(C)C)CC2CCC1C2. The molecule has 2 aliphatic carbocycles. The van der Waals surface area contributed by atoms with Crippen LogP contribution in [-0.4, -0.2) is 24.2 Å². The lowest BCUT2D eigenvalue weighted by molar-refractivity contribution is -0.154. The van der Waals surface area contributed by atoms with Gasteiger partial charge in [0.1, 0.15) is 5.54 Å². The summed E-state index contributed by atoms with van der Waals surface area (Å²) in [6.07, 6.45) is 4.67. The van der Waals surface area contributed by atoms with Crippen molar-refractivity contribution in [1.82, 2.24) is 5.32 Å². The highest BCUT2D eigenvalue weighted by atomic mass is 16.5. The zero-order valence-electron chi connectivity index (χ0n) is 10.6. The van der Waals surface area contributed by atoms with E-state index in [2.05, 4.69) is 19.2 Å². The maximum atomic E-state index is 12.2. The molecule has 3 heteroatoms. The Bertz CT molecular complexity index is 277. The number of ether oxygens (including phenoxy) is 1. The molecule has 16 heavy (non-hydrogen) atoms. The zero-order valence-corrected chi connectivity index (χ0v) is 10.6. The summed E-state index contributed by atoms with van der Waals surface area (Å²) in [7, 11) is 0. The van der Waals surface area contributed by atoms with Crippen molar-refractivity contribution < 1.29 is 9.53 Å². The summed E-state index contributed by atoms with van der Waals surface area (Å²) in [5, 5.41) is 3.50. The van der Waals surface area contributed by atoms with Gasteiger partial charge in [0, 0.05) is 6.04 Å². The molecule has 0 amide bonds. The minimum atomic E-state index is -0.368. The molecule has 2 fully saturated rings. The number of nitrogens with one attached hydrogen (secondary N) is 1. The molecule has 2 aliphatic rings. The highest BCUT2D eigenvalue weighted by Crippen LogP contribution is 2.51. The third kappa shape index (κ3) is 1.86. The Morgan fingerprint density at radius 1 is 1.50 bits per heavy atom. The fourth-order valence-corrected chi connectivity index (χ4v) is 3.59. The normalized spacial score (nSPS) is 37.0. The Morgan fingerprint density at radius 3 is 2.69 bits per heavy atom. The van der Waals surface area contributed by atoms with Gasteiger partial charge in [-0.25, -0.2) is 0 Å². The summed E-state index contributed by atoms with van der Waals surface area (Å²) < 4.78 is 5.28. The van der Waals surface area contributed by atoms with Gasteiger partial charge in [0.2, 0.25) is 0 Å². The van der Waals surface area contributed by atoms with Gasteiger partial charge in [-0.05, 0) is 51.9 Å². The lowest BCUT2D eigenvalue weighted by atomic mass is 9.80. The van der Waals surface area contributed by atoms with E-state index >= 15 is 0 Å². The summed E-state index contributed by atoms with van der Waals surface area (Å²) >= 11 is 0. The van der Waals surface area contributed by atoms with E-state index in [0.717, 1.165) is 12.3 Å². The van der Waals surface area contributed by atoms with Crippen LogP contribution < -0.4 is 5.32 Å². The van der Waals surface area contributed by atoms with Crippen molar-refractivity contribution in [3.63, 3.8) is 0 Å². The maximum absolute atomic E-state index is 12.2. The van der Waals surface area contributed by atoms with E-state index < -0.39 is 0 Å². The van der Waals surface area contributed by atoms with Crippen molar-refractivity contribution in [2.75, 3.05) is 6.61 Å². The van der Waals surface area contributed by atoms with Crippen LogP contribution >= 0.6 is 0 Å². The van der Waals surface area contributed by atoms with E-state index in [-0.39, 0.29) is 11.5 Å². The topological polar surface area (TPSA) is 38.3 Å². The third-order valence-electron chi connectivity index (χ3n) is 4.03. The summed E-state index contributed by atoms with van der Waals surface area (Å²) in [6.45, 7) is 6.58. The van der Waals surface area contributed by atoms with Gasteiger partial charge in [0.05, 0.1) is 6.61 Å². The maximum Gasteiger partial charge on any atom is 0.326 e. The molecule has 0 saturated heterocycles. The van der Waals surface area contributed by atoms with E-state index in [9.17, 15) is 4.79 Å². The van der Waals surface area contributed by atoms with Gasteiger partial charge in [-0.3, -0.25) is 10.1 Å². The van der Waals surface area contributed by atoms with Gasteiger partial charge in [-0.2, -0.15) is 0 Å². The molecule has 0 aromatic heterocycles. The molecule has 2 rings (SSSR count). The van der Waals surface area contributed by atoms with Gasteiger partial charge >= 0.3 is 5.97 Å². The van der Waals surface area contributed by atoms with E-state index in [4.69, 9.17) is 4.74 Å². The molecular formula is C13H23NO2. The summed E-state index contributed by atoms with van der Waals surface area (Å²) in [5.41, 5.74) is -0.368. The van der Waals surface area contributed by atoms with Gasteiger partial charge < -0.3 is 4.74 Å². The minimum Gasteiger partial charge on any atom is -0.465 e. The molecule has 3 nitrogen and oxygen atoms in total. The molecule has 2 saturated carbocycles. The Morgan fingerprint density at radius 2 is 2.25 bits per heavy atom. The van der Waals surface area contributed by atoms with Crippen LogP contribution in [0.4, 0.5) is 0 Å². The standard InChI is InChI=1S/C13H23NO2/c1-4-16-12(15)13(14-9(2)3)8-10-5-6-11(13)7-10/h9-11,14H,4-8H2,1-3H3. The number of hydrogen-bond donors (Lipinski definition) is 1. The van der Waals surface area contributed by atoms with E-state index in [0.29, 0.717) is 18.6 Å². The van der Waals surface area contributed by atoms with Crippen LogP contribution in [-0.2, 0) is 9.53 Å². The van der Waals surface area contributed by atoms with Crippen LogP contribution in [0.2, 0.25) is 0 Å². The predicted molar refractivity (Wildman–Crippen MR) is 63.1 cm³/mol. The largest absolute Gasteiger partial charge is 0.465 e. The fraction of sp³-hybridized carbons (Fsp3) is 0.923. The van der Waals surface area contributed by atoms with E-state index in [1.807, 2.05) is 6.92 Å². The number of fused-ring (bicyclic) bond motifs is 2. The molecule has 0 radical (unpaired) electrons. The lowest BCUT2D eigenvalue weighted by Gasteiger charge is -2.37. The van der Waals surface area contributed by atoms with Crippen LogP contribution in [0.15, 0.2) is 0 Å². The van der Waals surface area contributed by atoms with Crippen LogP contribution in [0.1, 0.15) is 46.5 Å². The van der Waals surface area contributed by atoms with Crippen molar-refractivity contribution >= 4 is 5.97 Å². The second-order valence-electron chi connectivity index (χ2n) is 5.57. The number of carbonyl (C=O) groups excluding carboxylic acids is 1. The lowest BCUT2D eigenvalue weighted by Crippen LogP contribution is -2.58. The first-order chi connectivity index (χ1) is 7.58. The first-order valence-electron chi connectivity index (χ1n) is 6.53. The third-order valence-corrected chi connectivity index (χ3v) is 4.03. The molecule has 0 aromatic rings. The van der Waals surface area contributed by atoms with Crippen LogP contribution in [0.3, 0.4) is 0 Å². The number of carbonyl (C=O) groups is 1. The molecule has 2 bridgehead atoms. The van der Waals surface area contributed by atoms with Crippen molar-refractivity contribution in [3.05, 3.63) is 0 Å². The highest BCUT2D eigenvalue weighted by molar-refractivity contribution is 5.82. The highest BCUT2D eigenvalue weighted by Gasteiger charge is 2.56. The smallest absolute Gasteiger partial charge is 0.326 e. The van der Waals surface area contributed by atoms with Crippen molar-refractivity contribution in [1.29, 1.82) is 0 Å². The van der Waals surface area contributed by atoms with Gasteiger partial charge in [-0.1, -0.05) is 6.42 Å². The van der Waals surface area contributed by atoms with Crippen LogP contribution in [0.25, 0.3) is 0 Å². The van der Waals surface area contributed by atoms with Crippen LogP contribution in [0, 0.1) is 11.8 Å². The quantitative estimate of drug-likeness (QED) is 0.745. The number of esters is 1. The molecule has 3 atom stereocenters. The Kier molecular flexibility index (Phi) is 3.24. The molecular weight excluding hydrogens is 202 g/mol. The predicted octanol–water partition coefficient (Wildman–Crippen LogP) is 2.11. The Hall–Kier alpha value is -0.570. The molecule has 0 aromatic carbocycles. The fourth-order valence-electron chi connectivity index (χ4n) is 3.59. The molecule has 1 N–H and O–H groups in total. The van der Waals surface area contributed by atoms with Crippen molar-refractivity contribution in [2.24, 2.45) is 11.8 Å². The van der Waals surface area contributed by atoms with Gasteiger partial charge in [0.25, 0.3) is 0 Å². The second kappa shape index (κ2) is 4.36. The molecule has 0 heterocycles. The summed E-state index contributed by atoms with van der Waals surface area (Å²) in [4.78, 5) is 12.2. The zero-order chi connectivity index (χ0) is 11.8. The summed E-state index contributed by atoms with van der Waals surface area (Å²) in [5.74, 6) is 1.22. The van der Waals surface area contributed by atoms with Crippen molar-refractivity contribution in [2.45, 2.75) is 58.0 Å². The van der Waals surface area contributed by atoms with Gasteiger partial charge in [0.15, 0.2) is 0 Å².